The summed E-state index contributed by atoms with van der Waals surface area (Å²) in [5.74, 6) is -0.102. The quantitative estimate of drug-likeness (QED) is 0.402. The van der Waals surface area contributed by atoms with Gasteiger partial charge in [0.2, 0.25) is 5.88 Å². The maximum atomic E-state index is 14.3. The highest BCUT2D eigenvalue weighted by Gasteiger charge is 2.19. The Hall–Kier alpha value is -3.51. The molecule has 0 amide bonds. The molecule has 0 aliphatic carbocycles. The predicted molar refractivity (Wildman–Crippen MR) is 123 cm³/mol. The third-order valence-corrected chi connectivity index (χ3v) is 6.69. The van der Waals surface area contributed by atoms with Crippen LogP contribution in [0.4, 0.5) is 10.2 Å². The average molecular weight is 535 g/mol. The molecule has 4 rings (SSSR count). The van der Waals surface area contributed by atoms with E-state index in [0.29, 0.717) is 10.9 Å². The summed E-state index contributed by atoms with van der Waals surface area (Å²) < 4.78 is 54.1. The number of sulfonamides is 1. The Balaban J connectivity index is 1.83. The summed E-state index contributed by atoms with van der Waals surface area (Å²) in [5.41, 5.74) is 0.102. The van der Waals surface area contributed by atoms with Crippen molar-refractivity contribution in [1.29, 1.82) is 0 Å². The maximum absolute atomic E-state index is 14.3. The summed E-state index contributed by atoms with van der Waals surface area (Å²) in [7, 11) is -1.22. The van der Waals surface area contributed by atoms with Gasteiger partial charge in [0.25, 0.3) is 15.6 Å². The number of anilines is 1. The van der Waals surface area contributed by atoms with Gasteiger partial charge in [0.05, 0.1) is 34.8 Å². The SMILES string of the molecule is COc1cc(NS(=O)(=O)c2ccc3c(ccc(=O)n3-c3cc(F)c(Br)cc3OC)c2)ncn1. The smallest absolute Gasteiger partial charge is 0.263 e. The number of benzene rings is 2. The number of hydrogen-bond acceptors (Lipinski definition) is 7. The molecule has 9 nitrogen and oxygen atoms in total. The first kappa shape index (κ1) is 22.7. The number of hydrogen-bond donors (Lipinski definition) is 1. The molecule has 0 saturated carbocycles. The molecule has 2 aromatic carbocycles. The van der Waals surface area contributed by atoms with Crippen LogP contribution in [0.25, 0.3) is 16.6 Å². The van der Waals surface area contributed by atoms with Crippen molar-refractivity contribution < 1.29 is 22.3 Å². The van der Waals surface area contributed by atoms with Gasteiger partial charge in [0.15, 0.2) is 0 Å². The standard InChI is InChI=1S/C21H16BrFN4O5S/c1-31-18-8-14(22)15(23)9-17(18)27-16-5-4-13(7-12(16)3-6-21(27)28)33(29,30)26-19-10-20(32-2)25-11-24-19/h3-11H,1-2H3,(H,24,25,26). The van der Waals surface area contributed by atoms with E-state index in [1.165, 1.54) is 73.6 Å². The van der Waals surface area contributed by atoms with E-state index in [1.54, 1.807) is 0 Å². The summed E-state index contributed by atoms with van der Waals surface area (Å²) >= 11 is 3.10. The highest BCUT2D eigenvalue weighted by molar-refractivity contribution is 9.10. The summed E-state index contributed by atoms with van der Waals surface area (Å²) in [6.07, 6.45) is 1.17. The zero-order valence-corrected chi connectivity index (χ0v) is 19.6. The van der Waals surface area contributed by atoms with Gasteiger partial charge in [-0.1, -0.05) is 0 Å². The topological polar surface area (TPSA) is 112 Å². The monoisotopic (exact) mass is 534 g/mol. The second kappa shape index (κ2) is 8.79. The van der Waals surface area contributed by atoms with Crippen LogP contribution in [0.1, 0.15) is 0 Å². The molecule has 0 fully saturated rings. The third kappa shape index (κ3) is 4.39. The fraction of sp³-hybridized carbons (Fsp3) is 0.0952. The molecular weight excluding hydrogens is 519 g/mol. The molecule has 0 radical (unpaired) electrons. The van der Waals surface area contributed by atoms with Crippen LogP contribution in [-0.2, 0) is 10.0 Å². The molecule has 1 N–H and O–H groups in total. The van der Waals surface area contributed by atoms with Crippen LogP contribution in [0.2, 0.25) is 0 Å². The lowest BCUT2D eigenvalue weighted by molar-refractivity contribution is 0.397. The fourth-order valence-electron chi connectivity index (χ4n) is 3.20. The van der Waals surface area contributed by atoms with Crippen molar-refractivity contribution >= 4 is 42.7 Å². The summed E-state index contributed by atoms with van der Waals surface area (Å²) in [6.45, 7) is 0. The van der Waals surface area contributed by atoms with Crippen LogP contribution < -0.4 is 19.8 Å². The van der Waals surface area contributed by atoms with Crippen LogP contribution in [-0.4, -0.2) is 37.2 Å². The number of fused-ring (bicyclic) bond motifs is 1. The zero-order chi connectivity index (χ0) is 23.8. The van der Waals surface area contributed by atoms with Crippen molar-refractivity contribution in [1.82, 2.24) is 14.5 Å². The zero-order valence-electron chi connectivity index (χ0n) is 17.2. The predicted octanol–water partition coefficient (Wildman–Crippen LogP) is 3.50. The average Bonchev–Trinajstić information content (AvgIpc) is 2.80. The number of nitrogens with one attached hydrogen (secondary N) is 1. The molecule has 0 saturated heterocycles. The maximum Gasteiger partial charge on any atom is 0.263 e. The van der Waals surface area contributed by atoms with E-state index in [-0.39, 0.29) is 32.5 Å². The lowest BCUT2D eigenvalue weighted by Crippen LogP contribution is -2.19. The molecular formula is C21H16BrFN4O5S. The fourth-order valence-corrected chi connectivity index (χ4v) is 4.56. The third-order valence-electron chi connectivity index (χ3n) is 4.73. The van der Waals surface area contributed by atoms with Gasteiger partial charge >= 0.3 is 0 Å². The highest BCUT2D eigenvalue weighted by atomic mass is 79.9. The molecule has 12 heteroatoms. The second-order valence-electron chi connectivity index (χ2n) is 6.72. The molecule has 170 valence electrons. The van der Waals surface area contributed by atoms with E-state index < -0.39 is 21.4 Å². The first-order valence-corrected chi connectivity index (χ1v) is 11.6. The van der Waals surface area contributed by atoms with Crippen LogP contribution in [0.3, 0.4) is 0 Å². The van der Waals surface area contributed by atoms with E-state index in [4.69, 9.17) is 9.47 Å². The Morgan fingerprint density at radius 3 is 2.55 bits per heavy atom. The Bertz CT molecular complexity index is 1540. The van der Waals surface area contributed by atoms with Crippen LogP contribution in [0.15, 0.2) is 69.0 Å². The molecule has 0 spiro atoms. The van der Waals surface area contributed by atoms with E-state index >= 15 is 0 Å². The number of rotatable bonds is 6. The Morgan fingerprint density at radius 1 is 1.03 bits per heavy atom. The van der Waals surface area contributed by atoms with Crippen molar-refractivity contribution in [3.8, 4) is 17.3 Å². The largest absolute Gasteiger partial charge is 0.495 e. The molecule has 0 aliphatic heterocycles. The summed E-state index contributed by atoms with van der Waals surface area (Å²) in [6, 6.07) is 10.9. The summed E-state index contributed by atoms with van der Waals surface area (Å²) in [5, 5.41) is 0.433. The molecule has 4 aromatic rings. The molecule has 0 unspecified atom stereocenters. The first-order valence-electron chi connectivity index (χ1n) is 9.31. The van der Waals surface area contributed by atoms with Gasteiger partial charge in [-0.25, -0.2) is 22.8 Å². The van der Waals surface area contributed by atoms with Crippen LogP contribution in [0, 0.1) is 5.82 Å². The van der Waals surface area contributed by atoms with Crippen LogP contribution in [0.5, 0.6) is 11.6 Å². The minimum atomic E-state index is -4.02. The van der Waals surface area contributed by atoms with E-state index in [9.17, 15) is 17.6 Å². The minimum Gasteiger partial charge on any atom is -0.495 e. The lowest BCUT2D eigenvalue weighted by Gasteiger charge is -2.15. The van der Waals surface area contributed by atoms with Crippen molar-refractivity contribution in [2.75, 3.05) is 18.9 Å². The molecule has 0 bridgehead atoms. The minimum absolute atomic E-state index is 0.0296. The first-order chi connectivity index (χ1) is 15.7. The van der Waals surface area contributed by atoms with Gasteiger partial charge in [-0.15, -0.1) is 0 Å². The number of nitrogens with zero attached hydrogens (tertiary/aromatic N) is 3. The van der Waals surface area contributed by atoms with Gasteiger partial charge in [-0.05, 0) is 46.3 Å². The van der Waals surface area contributed by atoms with Gasteiger partial charge in [-0.2, -0.15) is 0 Å². The van der Waals surface area contributed by atoms with Crippen molar-refractivity contribution in [3.63, 3.8) is 0 Å². The van der Waals surface area contributed by atoms with Crippen molar-refractivity contribution in [3.05, 3.63) is 75.5 Å². The Morgan fingerprint density at radius 2 is 1.82 bits per heavy atom. The number of pyridine rings is 1. The molecule has 33 heavy (non-hydrogen) atoms. The van der Waals surface area contributed by atoms with E-state index in [1.807, 2.05) is 0 Å². The Labute approximate surface area is 196 Å². The molecule has 0 aliphatic rings. The number of methoxy groups -OCH3 is 2. The van der Waals surface area contributed by atoms with Crippen molar-refractivity contribution in [2.45, 2.75) is 4.90 Å². The Kier molecular flexibility index (Phi) is 6.04. The van der Waals surface area contributed by atoms with Gasteiger partial charge < -0.3 is 9.47 Å². The molecule has 0 atom stereocenters. The van der Waals surface area contributed by atoms with Gasteiger partial charge in [0.1, 0.15) is 23.7 Å². The number of halogens is 2. The van der Waals surface area contributed by atoms with Gasteiger partial charge in [0, 0.05) is 23.6 Å². The normalized spacial score (nSPS) is 11.4. The number of aromatic nitrogens is 3. The van der Waals surface area contributed by atoms with E-state index in [2.05, 4.69) is 30.6 Å². The summed E-state index contributed by atoms with van der Waals surface area (Å²) in [4.78, 5) is 20.3. The van der Waals surface area contributed by atoms with Crippen LogP contribution >= 0.6 is 15.9 Å². The van der Waals surface area contributed by atoms with Gasteiger partial charge in [-0.3, -0.25) is 14.1 Å². The van der Waals surface area contributed by atoms with Crippen molar-refractivity contribution in [2.24, 2.45) is 0 Å². The second-order valence-corrected chi connectivity index (χ2v) is 9.25. The molecule has 2 heterocycles. The lowest BCUT2D eigenvalue weighted by atomic mass is 10.2. The molecule has 2 aromatic heterocycles. The van der Waals surface area contributed by atoms with E-state index in [0.717, 1.165) is 0 Å². The highest BCUT2D eigenvalue weighted by Crippen LogP contribution is 2.31. The number of ether oxygens (including phenoxy) is 2.